The van der Waals surface area contributed by atoms with Gasteiger partial charge in [-0.25, -0.2) is 9.97 Å². The Hall–Kier alpha value is -7.90. The van der Waals surface area contributed by atoms with Crippen LogP contribution in [-0.4, -0.2) is 33.6 Å². The van der Waals surface area contributed by atoms with Crippen molar-refractivity contribution in [3.8, 4) is 39.8 Å². The van der Waals surface area contributed by atoms with Crippen LogP contribution in [0.4, 0.5) is 0 Å². The molecule has 7 heteroatoms. The van der Waals surface area contributed by atoms with Gasteiger partial charge < -0.3 is 9.13 Å². The number of nitrogens with zero attached hydrogens (tertiary/aromatic N) is 7. The molecule has 0 amide bonds. The van der Waals surface area contributed by atoms with Gasteiger partial charge in [0.05, 0.1) is 94.2 Å². The van der Waals surface area contributed by atoms with Gasteiger partial charge in [-0.3, -0.25) is 14.5 Å². The summed E-state index contributed by atoms with van der Waals surface area (Å²) in [5.74, 6) is -0.876. The molecule has 0 atom stereocenters. The fraction of sp³-hybridized carbons (Fsp3) is 0. The SMILES string of the molecule is [2H]c1nc([2H])c2c3c([2H])c([2H])c([2H])c([2H])c3n(-c3cccc(-c4nc(-n5c6c([2H])c([2H])c([2H])c([2H])c6c6c([2H])c([2H])c([2H])c([2H])c65)nc(-c5c([2H])c([2H])c([2H])c([2H])c5[2H])c4[2H])c3-n3c4c([2H])c([2H])nc([2H])c4c4c([2H])c([2H])c([2H])c([2H])c43)c2c1[2H]. The van der Waals surface area contributed by atoms with Crippen LogP contribution in [0.3, 0.4) is 0 Å². The average molecular weight is 758 g/mol. The first-order valence-electron chi connectivity index (χ1n) is 30.8. The lowest BCUT2D eigenvalue weighted by atomic mass is 10.0. The van der Waals surface area contributed by atoms with Crippen molar-refractivity contribution in [3.05, 3.63) is 188 Å². The zero-order valence-electron chi connectivity index (χ0n) is 56.4. The van der Waals surface area contributed by atoms with Crippen LogP contribution in [0, 0.1) is 0 Å². The highest BCUT2D eigenvalue weighted by molar-refractivity contribution is 6.12. The number of aromatic nitrogens is 7. The Labute approximate surface area is 365 Å². The maximum atomic E-state index is 10.2. The molecule has 0 aliphatic rings. The second-order valence-electron chi connectivity index (χ2n) is 12.3. The number of hydrogen-bond acceptors (Lipinski definition) is 4. The minimum Gasteiger partial charge on any atom is -0.307 e. The van der Waals surface area contributed by atoms with Gasteiger partial charge in [0.1, 0.15) is 0 Å². The number of pyridine rings is 2. The molecule has 0 radical (unpaired) electrons. The second-order valence-corrected chi connectivity index (χ2v) is 12.3. The van der Waals surface area contributed by atoms with E-state index in [-0.39, 0.29) is 0 Å². The van der Waals surface area contributed by atoms with Crippen molar-refractivity contribution >= 4 is 65.4 Å². The maximum absolute atomic E-state index is 10.2. The third-order valence-electron chi connectivity index (χ3n) is 9.36. The summed E-state index contributed by atoms with van der Waals surface area (Å²) < 4.78 is 257. The molecule has 0 N–H and O–H groups in total. The molecule has 12 aromatic rings. The molecule has 0 fully saturated rings. The smallest absolute Gasteiger partial charge is 0.235 e. The van der Waals surface area contributed by atoms with Crippen LogP contribution in [0.1, 0.15) is 38.4 Å². The minimum absolute atomic E-state index is 0.412. The molecular formula is C50H31N7. The van der Waals surface area contributed by atoms with Crippen molar-refractivity contribution in [2.75, 3.05) is 0 Å². The van der Waals surface area contributed by atoms with Crippen molar-refractivity contribution in [3.63, 3.8) is 0 Å². The van der Waals surface area contributed by atoms with Crippen LogP contribution >= 0.6 is 0 Å². The summed E-state index contributed by atoms with van der Waals surface area (Å²) >= 11 is 0. The highest BCUT2D eigenvalue weighted by atomic mass is 15.2. The van der Waals surface area contributed by atoms with E-state index < -0.39 is 275 Å². The molecule has 266 valence electrons. The van der Waals surface area contributed by atoms with Gasteiger partial charge in [0, 0.05) is 68.1 Å². The fourth-order valence-corrected chi connectivity index (χ4v) is 7.11. The topological polar surface area (TPSA) is 66.3 Å². The molecule has 57 heavy (non-hydrogen) atoms. The Morgan fingerprint density at radius 3 is 1.51 bits per heavy atom. The summed E-state index contributed by atoms with van der Waals surface area (Å²) in [7, 11) is 0. The van der Waals surface area contributed by atoms with Crippen molar-refractivity contribution in [1.82, 2.24) is 33.6 Å². The van der Waals surface area contributed by atoms with Crippen LogP contribution in [0.2, 0.25) is 0 Å². The van der Waals surface area contributed by atoms with Gasteiger partial charge >= 0.3 is 0 Å². The van der Waals surface area contributed by atoms with Crippen LogP contribution < -0.4 is 0 Å². The normalized spacial score (nSPS) is 18.7. The zero-order valence-corrected chi connectivity index (χ0v) is 28.4. The van der Waals surface area contributed by atoms with Crippen LogP contribution in [0.15, 0.2) is 188 Å². The highest BCUT2D eigenvalue weighted by Crippen LogP contribution is 2.42. The Morgan fingerprint density at radius 1 is 0.421 bits per heavy atom. The molecule has 12 rings (SSSR count). The van der Waals surface area contributed by atoms with Crippen molar-refractivity contribution < 1.29 is 38.4 Å². The second kappa shape index (κ2) is 12.3. The Balaban J connectivity index is 1.42. The third-order valence-corrected chi connectivity index (χ3v) is 9.36. The molecule has 6 aromatic heterocycles. The lowest BCUT2D eigenvalue weighted by molar-refractivity contribution is 0.993. The van der Waals surface area contributed by atoms with E-state index in [9.17, 15) is 16.4 Å². The highest BCUT2D eigenvalue weighted by Gasteiger charge is 2.24. The van der Waals surface area contributed by atoms with Crippen LogP contribution in [0.25, 0.3) is 105 Å². The molecule has 0 spiro atoms. The minimum atomic E-state index is -0.973. The number of benzene rings is 6. The lowest BCUT2D eigenvalue weighted by Gasteiger charge is -2.21. The van der Waals surface area contributed by atoms with Crippen molar-refractivity contribution in [2.24, 2.45) is 0 Å². The quantitative estimate of drug-likeness (QED) is 0.175. The summed E-state index contributed by atoms with van der Waals surface area (Å²) in [5.41, 5.74) is -7.32. The summed E-state index contributed by atoms with van der Waals surface area (Å²) in [5, 5.41) is -2.77. The average Bonchev–Trinajstić information content (AvgIpc) is 1.66. The van der Waals surface area contributed by atoms with Crippen molar-refractivity contribution in [2.45, 2.75) is 0 Å². The molecule has 0 unspecified atom stereocenters. The number of fused-ring (bicyclic) bond motifs is 9. The van der Waals surface area contributed by atoms with Gasteiger partial charge in [0.15, 0.2) is 0 Å². The molecule has 0 saturated heterocycles. The van der Waals surface area contributed by atoms with E-state index in [2.05, 4.69) is 15.0 Å². The van der Waals surface area contributed by atoms with Gasteiger partial charge in [0.25, 0.3) is 0 Å². The standard InChI is InChI=1S/C50H31N7/c1-2-13-32(14-3-1)40-29-41(54-50(53-40)57-44-22-10-4-15-33(44)34-16-5-11-23-45(34)57)37-19-12-24-48(55-42-20-8-6-17-35(42)38-30-51-27-25-46(38)55)49(37)56-43-21-9-7-18-36(43)39-31-52-28-26-47(39)56/h1-31H/i1D,2D,3D,4D,5D,6D,7D,8D,9D,10D,11D,13D,14D,15D,16D,17D,18D,20D,21D,22D,23D,25D,26D,27D,28D,29D,30D,31D. The van der Waals surface area contributed by atoms with E-state index in [0.29, 0.717) is 0 Å². The predicted octanol–water partition coefficient (Wildman–Crippen LogP) is 11.9. The largest absolute Gasteiger partial charge is 0.307 e. The van der Waals surface area contributed by atoms with Crippen LogP contribution in [-0.2, 0) is 0 Å². The molecule has 0 bridgehead atoms. The molecule has 0 saturated carbocycles. The monoisotopic (exact) mass is 757 g/mol. The Kier molecular flexibility index (Phi) is 3.16. The van der Waals surface area contributed by atoms with E-state index in [4.69, 9.17) is 26.9 Å². The fourth-order valence-electron chi connectivity index (χ4n) is 7.11. The van der Waals surface area contributed by atoms with Gasteiger partial charge in [0.2, 0.25) is 5.95 Å². The summed E-state index contributed by atoms with van der Waals surface area (Å²) in [6.07, 6.45) is -3.31. The molecule has 0 aliphatic heterocycles. The van der Waals surface area contributed by atoms with Crippen molar-refractivity contribution in [1.29, 1.82) is 0 Å². The molecular weight excluding hydrogens is 699 g/mol. The lowest BCUT2D eigenvalue weighted by Crippen LogP contribution is -2.08. The Morgan fingerprint density at radius 2 is 0.895 bits per heavy atom. The first-order valence-corrected chi connectivity index (χ1v) is 16.8. The molecule has 6 heterocycles. The summed E-state index contributed by atoms with van der Waals surface area (Å²) in [6, 6.07) is -17.2. The van der Waals surface area contributed by atoms with E-state index in [1.54, 1.807) is 0 Å². The van der Waals surface area contributed by atoms with E-state index in [1.807, 2.05) is 0 Å². The van der Waals surface area contributed by atoms with E-state index in [1.165, 1.54) is 18.2 Å². The first kappa shape index (κ1) is 14.6. The molecule has 7 nitrogen and oxygen atoms in total. The van der Waals surface area contributed by atoms with Gasteiger partial charge in [-0.2, -0.15) is 0 Å². The summed E-state index contributed by atoms with van der Waals surface area (Å²) in [6.45, 7) is 0. The number of para-hydroxylation sites is 5. The number of hydrogen-bond donors (Lipinski definition) is 0. The van der Waals surface area contributed by atoms with Gasteiger partial charge in [-0.05, 0) is 48.4 Å². The molecule has 6 aromatic carbocycles. The maximum Gasteiger partial charge on any atom is 0.235 e. The molecule has 0 aliphatic carbocycles. The Bertz CT molecular complexity index is 5080. The predicted molar refractivity (Wildman–Crippen MR) is 232 cm³/mol. The van der Waals surface area contributed by atoms with Gasteiger partial charge in [-0.1, -0.05) is 115 Å². The zero-order chi connectivity index (χ0) is 61.8. The van der Waals surface area contributed by atoms with E-state index >= 15 is 0 Å². The third kappa shape index (κ3) is 4.66. The van der Waals surface area contributed by atoms with Crippen LogP contribution in [0.5, 0.6) is 0 Å². The first-order chi connectivity index (χ1) is 39.9. The van der Waals surface area contributed by atoms with E-state index in [0.717, 1.165) is 13.7 Å². The number of rotatable bonds is 5. The summed E-state index contributed by atoms with van der Waals surface area (Å²) in [4.78, 5) is 17.2. The van der Waals surface area contributed by atoms with Gasteiger partial charge in [-0.15, -0.1) is 0 Å².